The molecular formula is C26H35ClN2OS. The molecule has 0 spiro atoms. The van der Waals surface area contributed by atoms with Crippen LogP contribution >= 0.6 is 23.7 Å². The van der Waals surface area contributed by atoms with Gasteiger partial charge in [-0.05, 0) is 67.6 Å². The van der Waals surface area contributed by atoms with Crippen LogP contribution in [0.15, 0.2) is 41.8 Å². The van der Waals surface area contributed by atoms with Crippen LogP contribution < -0.4 is 4.74 Å². The van der Waals surface area contributed by atoms with E-state index >= 15 is 0 Å². The molecule has 0 saturated heterocycles. The Kier molecular flexibility index (Phi) is 8.70. The fourth-order valence-electron chi connectivity index (χ4n) is 3.37. The molecule has 0 fully saturated rings. The van der Waals surface area contributed by atoms with Gasteiger partial charge in [-0.3, -0.25) is 0 Å². The first-order valence-electron chi connectivity index (χ1n) is 10.7. The number of likely N-dealkylation sites (N-methyl/N-ethyl adjacent to an activating group) is 1. The van der Waals surface area contributed by atoms with Crippen molar-refractivity contribution in [1.82, 2.24) is 9.88 Å². The van der Waals surface area contributed by atoms with E-state index < -0.39 is 0 Å². The molecule has 0 N–H and O–H groups in total. The molecule has 0 atom stereocenters. The maximum Gasteiger partial charge on any atom is 0.279 e. The van der Waals surface area contributed by atoms with E-state index in [1.165, 1.54) is 16.7 Å². The number of thiazole rings is 1. The summed E-state index contributed by atoms with van der Waals surface area (Å²) < 4.78 is 6.17. The normalized spacial score (nSPS) is 11.5. The topological polar surface area (TPSA) is 25.4 Å². The van der Waals surface area contributed by atoms with Crippen LogP contribution in [0.4, 0.5) is 0 Å². The van der Waals surface area contributed by atoms with Crippen molar-refractivity contribution in [3.63, 3.8) is 0 Å². The van der Waals surface area contributed by atoms with E-state index in [1.54, 1.807) is 11.3 Å². The van der Waals surface area contributed by atoms with Crippen molar-refractivity contribution in [3.8, 4) is 22.2 Å². The zero-order valence-corrected chi connectivity index (χ0v) is 21.4. The number of nitrogens with zero attached hydrogens (tertiary/aromatic N) is 2. The zero-order valence-electron chi connectivity index (χ0n) is 19.8. The summed E-state index contributed by atoms with van der Waals surface area (Å²) in [5.74, 6) is 0.893. The van der Waals surface area contributed by atoms with Crippen LogP contribution in [0.5, 0.6) is 10.9 Å². The number of aromatic nitrogens is 1. The van der Waals surface area contributed by atoms with E-state index in [-0.39, 0.29) is 17.8 Å². The molecule has 0 amide bonds. The lowest BCUT2D eigenvalue weighted by atomic mass is 9.86. The smallest absolute Gasteiger partial charge is 0.279 e. The van der Waals surface area contributed by atoms with Gasteiger partial charge in [0.1, 0.15) is 5.75 Å². The lowest BCUT2D eigenvalue weighted by Crippen LogP contribution is -2.20. The van der Waals surface area contributed by atoms with Gasteiger partial charge in [0.2, 0.25) is 0 Å². The van der Waals surface area contributed by atoms with Crippen molar-refractivity contribution in [2.45, 2.75) is 53.4 Å². The molecule has 1 aromatic heterocycles. The Morgan fingerprint density at radius 2 is 1.71 bits per heavy atom. The molecule has 31 heavy (non-hydrogen) atoms. The molecule has 0 saturated carbocycles. The van der Waals surface area contributed by atoms with Gasteiger partial charge in [0, 0.05) is 17.5 Å². The predicted molar refractivity (Wildman–Crippen MR) is 136 cm³/mol. The van der Waals surface area contributed by atoms with Crippen molar-refractivity contribution < 1.29 is 4.74 Å². The number of hydrogen-bond acceptors (Lipinski definition) is 4. The van der Waals surface area contributed by atoms with Gasteiger partial charge in [0.25, 0.3) is 5.19 Å². The SMILES string of the molecule is CCN(C)CCc1cc(C)c(Oc2nc(-c3ccc(C(C)(C)C)cc3)cs2)cc1C.Cl. The predicted octanol–water partition coefficient (Wildman–Crippen LogP) is 7.43. The number of ether oxygens (including phenoxy) is 1. The molecule has 0 aliphatic heterocycles. The molecular weight excluding hydrogens is 424 g/mol. The summed E-state index contributed by atoms with van der Waals surface area (Å²) >= 11 is 1.54. The summed E-state index contributed by atoms with van der Waals surface area (Å²) in [6.45, 7) is 15.3. The molecule has 0 radical (unpaired) electrons. The summed E-state index contributed by atoms with van der Waals surface area (Å²) in [4.78, 5) is 7.06. The van der Waals surface area contributed by atoms with Crippen molar-refractivity contribution in [3.05, 3.63) is 64.0 Å². The number of benzene rings is 2. The third-order valence-corrected chi connectivity index (χ3v) is 6.38. The van der Waals surface area contributed by atoms with Crippen LogP contribution in [0, 0.1) is 13.8 Å². The first-order valence-corrected chi connectivity index (χ1v) is 11.6. The molecule has 3 rings (SSSR count). The molecule has 2 aromatic carbocycles. The summed E-state index contributed by atoms with van der Waals surface area (Å²) in [6, 6.07) is 13.1. The summed E-state index contributed by atoms with van der Waals surface area (Å²) in [7, 11) is 2.16. The van der Waals surface area contributed by atoms with Crippen LogP contribution in [0.2, 0.25) is 0 Å². The standard InChI is InChI=1S/C26H34N2OS.ClH/c1-8-28(7)14-13-21-15-19(3)24(16-18(21)2)29-25-27-23(17-30-25)20-9-11-22(12-10-20)26(4,5)6;/h9-12,15-17H,8,13-14H2,1-7H3;1H. The molecule has 3 nitrogen and oxygen atoms in total. The van der Waals surface area contributed by atoms with E-state index in [9.17, 15) is 0 Å². The van der Waals surface area contributed by atoms with E-state index in [0.717, 1.165) is 42.1 Å². The van der Waals surface area contributed by atoms with Gasteiger partial charge in [-0.15, -0.1) is 12.4 Å². The van der Waals surface area contributed by atoms with Gasteiger partial charge in [-0.2, -0.15) is 0 Å². The molecule has 5 heteroatoms. The van der Waals surface area contributed by atoms with Gasteiger partial charge in [-0.25, -0.2) is 4.98 Å². The maximum absolute atomic E-state index is 6.17. The highest BCUT2D eigenvalue weighted by molar-refractivity contribution is 7.11. The second-order valence-electron chi connectivity index (χ2n) is 9.12. The molecule has 168 valence electrons. The highest BCUT2D eigenvalue weighted by atomic mass is 35.5. The Labute approximate surface area is 197 Å². The lowest BCUT2D eigenvalue weighted by molar-refractivity contribution is 0.357. The van der Waals surface area contributed by atoms with Gasteiger partial charge >= 0.3 is 0 Å². The first-order chi connectivity index (χ1) is 14.2. The van der Waals surface area contributed by atoms with Gasteiger partial charge in [-0.1, -0.05) is 69.4 Å². The van der Waals surface area contributed by atoms with Crippen molar-refractivity contribution in [1.29, 1.82) is 0 Å². The third-order valence-electron chi connectivity index (χ3n) is 5.66. The third kappa shape index (κ3) is 6.55. The Morgan fingerprint density at radius 1 is 1.03 bits per heavy atom. The molecule has 0 bridgehead atoms. The largest absolute Gasteiger partial charge is 0.431 e. The minimum absolute atomic E-state index is 0. The monoisotopic (exact) mass is 458 g/mol. The summed E-state index contributed by atoms with van der Waals surface area (Å²) in [5.41, 5.74) is 7.38. The molecule has 0 aliphatic rings. The first kappa shape index (κ1) is 25.4. The number of rotatable bonds is 7. The fraction of sp³-hybridized carbons (Fsp3) is 0.423. The van der Waals surface area contributed by atoms with Crippen molar-refractivity contribution in [2.75, 3.05) is 20.1 Å². The Balaban J connectivity index is 0.00000341. The van der Waals surface area contributed by atoms with Gasteiger partial charge < -0.3 is 9.64 Å². The van der Waals surface area contributed by atoms with E-state index in [0.29, 0.717) is 5.19 Å². The minimum Gasteiger partial charge on any atom is -0.431 e. The van der Waals surface area contributed by atoms with Crippen LogP contribution in [0.1, 0.15) is 49.9 Å². The van der Waals surface area contributed by atoms with Gasteiger partial charge in [0.15, 0.2) is 0 Å². The van der Waals surface area contributed by atoms with Crippen molar-refractivity contribution >= 4 is 23.7 Å². The molecule has 1 heterocycles. The number of aryl methyl sites for hydroxylation is 2. The fourth-order valence-corrected chi connectivity index (χ4v) is 4.06. The van der Waals surface area contributed by atoms with E-state index in [2.05, 4.69) is 95.3 Å². The Morgan fingerprint density at radius 3 is 2.32 bits per heavy atom. The second kappa shape index (κ2) is 10.6. The summed E-state index contributed by atoms with van der Waals surface area (Å²) in [5, 5.41) is 2.75. The Hall–Kier alpha value is -1.88. The quantitative estimate of drug-likeness (QED) is 0.368. The number of hydrogen-bond donors (Lipinski definition) is 0. The zero-order chi connectivity index (χ0) is 21.9. The van der Waals surface area contributed by atoms with Crippen LogP contribution in [0.3, 0.4) is 0 Å². The molecule has 0 unspecified atom stereocenters. The second-order valence-corrected chi connectivity index (χ2v) is 9.94. The average Bonchev–Trinajstić information content (AvgIpc) is 3.17. The van der Waals surface area contributed by atoms with Gasteiger partial charge in [0.05, 0.1) is 5.69 Å². The van der Waals surface area contributed by atoms with Crippen LogP contribution in [0.25, 0.3) is 11.3 Å². The summed E-state index contributed by atoms with van der Waals surface area (Å²) in [6.07, 6.45) is 1.06. The van der Waals surface area contributed by atoms with E-state index in [4.69, 9.17) is 9.72 Å². The molecule has 3 aromatic rings. The minimum atomic E-state index is 0. The highest BCUT2D eigenvalue weighted by Crippen LogP contribution is 2.33. The number of halogens is 1. The maximum atomic E-state index is 6.17. The molecule has 0 aliphatic carbocycles. The highest BCUT2D eigenvalue weighted by Gasteiger charge is 2.14. The average molecular weight is 459 g/mol. The van der Waals surface area contributed by atoms with Crippen molar-refractivity contribution in [2.24, 2.45) is 0 Å². The Bertz CT molecular complexity index is 990. The lowest BCUT2D eigenvalue weighted by Gasteiger charge is -2.18. The van der Waals surface area contributed by atoms with E-state index in [1.807, 2.05) is 0 Å². The van der Waals surface area contributed by atoms with Crippen LogP contribution in [-0.4, -0.2) is 30.0 Å². The van der Waals surface area contributed by atoms with Crippen LogP contribution in [-0.2, 0) is 11.8 Å².